The minimum Gasteiger partial charge on any atom is -0.497 e. The van der Waals surface area contributed by atoms with E-state index in [1.165, 1.54) is 0 Å². The van der Waals surface area contributed by atoms with Gasteiger partial charge in [-0.15, -0.1) is 0 Å². The van der Waals surface area contributed by atoms with Gasteiger partial charge in [0, 0.05) is 5.57 Å². The SMILES string of the molecule is CCOC(=O)/C(C)=C/c1cccc(OC)c1. The van der Waals surface area contributed by atoms with Gasteiger partial charge in [0.05, 0.1) is 13.7 Å². The zero-order chi connectivity index (χ0) is 12.0. The predicted molar refractivity (Wildman–Crippen MR) is 63.3 cm³/mol. The summed E-state index contributed by atoms with van der Waals surface area (Å²) in [6.45, 7) is 3.91. The second-order valence-electron chi connectivity index (χ2n) is 3.32. The van der Waals surface area contributed by atoms with Crippen LogP contribution in [0.4, 0.5) is 0 Å². The van der Waals surface area contributed by atoms with Gasteiger partial charge in [-0.05, 0) is 37.6 Å². The Labute approximate surface area is 95.7 Å². The summed E-state index contributed by atoms with van der Waals surface area (Å²) in [6, 6.07) is 7.51. The summed E-state index contributed by atoms with van der Waals surface area (Å²) in [7, 11) is 1.61. The summed E-state index contributed by atoms with van der Waals surface area (Å²) in [4.78, 5) is 11.4. The lowest BCUT2D eigenvalue weighted by Gasteiger charge is -2.03. The highest BCUT2D eigenvalue weighted by Gasteiger charge is 2.04. The predicted octanol–water partition coefficient (Wildman–Crippen LogP) is 2.66. The monoisotopic (exact) mass is 220 g/mol. The molecule has 0 atom stereocenters. The molecule has 0 aliphatic heterocycles. The highest BCUT2D eigenvalue weighted by Crippen LogP contribution is 2.15. The van der Waals surface area contributed by atoms with Gasteiger partial charge in [-0.3, -0.25) is 0 Å². The largest absolute Gasteiger partial charge is 0.497 e. The van der Waals surface area contributed by atoms with Gasteiger partial charge >= 0.3 is 5.97 Å². The molecule has 0 unspecified atom stereocenters. The molecule has 86 valence electrons. The van der Waals surface area contributed by atoms with Gasteiger partial charge in [0.2, 0.25) is 0 Å². The van der Waals surface area contributed by atoms with E-state index >= 15 is 0 Å². The Morgan fingerprint density at radius 3 is 2.81 bits per heavy atom. The van der Waals surface area contributed by atoms with Gasteiger partial charge in [0.1, 0.15) is 5.75 Å². The van der Waals surface area contributed by atoms with Crippen molar-refractivity contribution in [3.63, 3.8) is 0 Å². The van der Waals surface area contributed by atoms with E-state index in [0.29, 0.717) is 12.2 Å². The Hall–Kier alpha value is -1.77. The van der Waals surface area contributed by atoms with Crippen molar-refractivity contribution in [1.82, 2.24) is 0 Å². The van der Waals surface area contributed by atoms with Crippen LogP contribution in [0.25, 0.3) is 6.08 Å². The number of ether oxygens (including phenoxy) is 2. The highest BCUT2D eigenvalue weighted by molar-refractivity contribution is 5.93. The van der Waals surface area contributed by atoms with Crippen molar-refractivity contribution < 1.29 is 14.3 Å². The van der Waals surface area contributed by atoms with Crippen LogP contribution in [0.1, 0.15) is 19.4 Å². The molecule has 0 fully saturated rings. The molecular formula is C13H16O3. The lowest BCUT2D eigenvalue weighted by molar-refractivity contribution is -0.138. The zero-order valence-electron chi connectivity index (χ0n) is 9.82. The number of rotatable bonds is 4. The van der Waals surface area contributed by atoms with Crippen LogP contribution >= 0.6 is 0 Å². The van der Waals surface area contributed by atoms with Gasteiger partial charge in [-0.25, -0.2) is 4.79 Å². The second kappa shape index (κ2) is 5.95. The van der Waals surface area contributed by atoms with Crippen LogP contribution in [0.15, 0.2) is 29.8 Å². The maximum atomic E-state index is 11.4. The number of esters is 1. The summed E-state index contributed by atoms with van der Waals surface area (Å²) >= 11 is 0. The average Bonchev–Trinajstić information content (AvgIpc) is 2.29. The standard InChI is InChI=1S/C13H16O3/c1-4-16-13(14)10(2)8-11-6-5-7-12(9-11)15-3/h5-9H,4H2,1-3H3/b10-8+. The molecule has 1 aromatic rings. The molecule has 0 aromatic heterocycles. The van der Waals surface area contributed by atoms with E-state index in [0.717, 1.165) is 11.3 Å². The van der Waals surface area contributed by atoms with Crippen LogP contribution in [-0.2, 0) is 9.53 Å². The molecule has 3 heteroatoms. The molecule has 0 heterocycles. The van der Waals surface area contributed by atoms with Gasteiger partial charge < -0.3 is 9.47 Å². The highest BCUT2D eigenvalue weighted by atomic mass is 16.5. The third kappa shape index (κ3) is 3.42. The van der Waals surface area contributed by atoms with Crippen molar-refractivity contribution in [3.8, 4) is 5.75 Å². The summed E-state index contributed by atoms with van der Waals surface area (Å²) in [5.41, 5.74) is 1.50. The summed E-state index contributed by atoms with van der Waals surface area (Å²) < 4.78 is 9.99. The Balaban J connectivity index is 2.84. The number of benzene rings is 1. The minimum absolute atomic E-state index is 0.287. The van der Waals surface area contributed by atoms with Gasteiger partial charge in [0.15, 0.2) is 0 Å². The number of methoxy groups -OCH3 is 1. The summed E-state index contributed by atoms with van der Waals surface area (Å²) in [5.74, 6) is 0.482. The number of hydrogen-bond donors (Lipinski definition) is 0. The van der Waals surface area contributed by atoms with Crippen molar-refractivity contribution >= 4 is 12.0 Å². The van der Waals surface area contributed by atoms with Crippen molar-refractivity contribution in [3.05, 3.63) is 35.4 Å². The van der Waals surface area contributed by atoms with Crippen LogP contribution in [0, 0.1) is 0 Å². The Bertz CT molecular complexity index is 394. The molecule has 0 radical (unpaired) electrons. The third-order valence-corrected chi connectivity index (χ3v) is 2.07. The quantitative estimate of drug-likeness (QED) is 0.578. The van der Waals surface area contributed by atoms with Crippen molar-refractivity contribution in [1.29, 1.82) is 0 Å². The van der Waals surface area contributed by atoms with Crippen molar-refractivity contribution in [2.45, 2.75) is 13.8 Å². The molecule has 0 N–H and O–H groups in total. The molecular weight excluding hydrogens is 204 g/mol. The van der Waals surface area contributed by atoms with Crippen LogP contribution in [-0.4, -0.2) is 19.7 Å². The first-order chi connectivity index (χ1) is 7.67. The molecule has 0 saturated heterocycles. The summed E-state index contributed by atoms with van der Waals surface area (Å²) in [5, 5.41) is 0. The average molecular weight is 220 g/mol. The molecule has 3 nitrogen and oxygen atoms in total. The lowest BCUT2D eigenvalue weighted by atomic mass is 10.1. The first kappa shape index (κ1) is 12.3. The van der Waals surface area contributed by atoms with Crippen LogP contribution < -0.4 is 4.74 Å². The second-order valence-corrected chi connectivity index (χ2v) is 3.32. The molecule has 0 amide bonds. The zero-order valence-corrected chi connectivity index (χ0v) is 9.82. The van der Waals surface area contributed by atoms with Crippen molar-refractivity contribution in [2.75, 3.05) is 13.7 Å². The van der Waals surface area contributed by atoms with Crippen LogP contribution in [0.2, 0.25) is 0 Å². The fourth-order valence-corrected chi connectivity index (χ4v) is 1.29. The van der Waals surface area contributed by atoms with E-state index in [-0.39, 0.29) is 5.97 Å². The third-order valence-electron chi connectivity index (χ3n) is 2.07. The molecule has 1 rings (SSSR count). The fraction of sp³-hybridized carbons (Fsp3) is 0.308. The topological polar surface area (TPSA) is 35.5 Å². The normalized spacial score (nSPS) is 11.1. The van der Waals surface area contributed by atoms with Crippen LogP contribution in [0.5, 0.6) is 5.75 Å². The van der Waals surface area contributed by atoms with E-state index < -0.39 is 0 Å². The fourth-order valence-electron chi connectivity index (χ4n) is 1.29. The molecule has 0 aliphatic carbocycles. The van der Waals surface area contributed by atoms with Gasteiger partial charge in [0.25, 0.3) is 0 Å². The number of carbonyl (C=O) groups is 1. The molecule has 0 spiro atoms. The summed E-state index contributed by atoms with van der Waals surface area (Å²) in [6.07, 6.45) is 1.78. The lowest BCUT2D eigenvalue weighted by Crippen LogP contribution is -2.04. The molecule has 0 saturated carbocycles. The van der Waals surface area contributed by atoms with E-state index in [1.54, 1.807) is 27.0 Å². The van der Waals surface area contributed by atoms with Gasteiger partial charge in [-0.2, -0.15) is 0 Å². The maximum absolute atomic E-state index is 11.4. The van der Waals surface area contributed by atoms with E-state index in [9.17, 15) is 4.79 Å². The Kier molecular flexibility index (Phi) is 4.58. The first-order valence-electron chi connectivity index (χ1n) is 5.17. The van der Waals surface area contributed by atoms with Crippen molar-refractivity contribution in [2.24, 2.45) is 0 Å². The molecule has 0 aliphatic rings. The first-order valence-corrected chi connectivity index (χ1v) is 5.17. The Morgan fingerprint density at radius 2 is 2.19 bits per heavy atom. The van der Waals surface area contributed by atoms with E-state index in [1.807, 2.05) is 24.3 Å². The molecule has 0 bridgehead atoms. The molecule has 1 aromatic carbocycles. The van der Waals surface area contributed by atoms with E-state index in [2.05, 4.69) is 0 Å². The van der Waals surface area contributed by atoms with Gasteiger partial charge in [-0.1, -0.05) is 12.1 Å². The number of hydrogen-bond acceptors (Lipinski definition) is 3. The molecule has 16 heavy (non-hydrogen) atoms. The number of carbonyl (C=O) groups excluding carboxylic acids is 1. The van der Waals surface area contributed by atoms with E-state index in [4.69, 9.17) is 9.47 Å². The maximum Gasteiger partial charge on any atom is 0.333 e. The van der Waals surface area contributed by atoms with Crippen LogP contribution in [0.3, 0.4) is 0 Å². The minimum atomic E-state index is -0.287. The smallest absolute Gasteiger partial charge is 0.333 e. The Morgan fingerprint density at radius 1 is 1.44 bits per heavy atom.